The third-order valence-corrected chi connectivity index (χ3v) is 5.26. The summed E-state index contributed by atoms with van der Waals surface area (Å²) in [7, 11) is 0. The molecule has 1 aliphatic rings. The highest BCUT2D eigenvalue weighted by Crippen LogP contribution is 2.29. The average molecular weight is 394 g/mol. The number of ether oxygens (including phenoxy) is 1. The maximum absolute atomic E-state index is 12.4. The van der Waals surface area contributed by atoms with Gasteiger partial charge >= 0.3 is 5.97 Å². The molecule has 2 aromatic carbocycles. The Hall–Kier alpha value is -3.15. The highest BCUT2D eigenvalue weighted by molar-refractivity contribution is 5.94. The van der Waals surface area contributed by atoms with E-state index in [4.69, 9.17) is 4.74 Å². The summed E-state index contributed by atoms with van der Waals surface area (Å²) in [6.45, 7) is 3.88. The first-order chi connectivity index (χ1) is 14.0. The number of nitrogens with zero attached hydrogens (tertiary/aromatic N) is 1. The van der Waals surface area contributed by atoms with E-state index in [2.05, 4.69) is 5.32 Å². The lowest BCUT2D eigenvalue weighted by molar-refractivity contribution is -0.151. The number of esters is 1. The molecule has 0 unspecified atom stereocenters. The van der Waals surface area contributed by atoms with Crippen LogP contribution < -0.4 is 5.32 Å². The standard InChI is InChI=1S/C23H26N2O4/c1-3-17-9-7-8-12-20(17)24-21(26)15-29-23(28)19-13-22(27)25(14-19)16(2)18-10-5-4-6-11-18/h4-12,16,19H,3,13-15H2,1-2H3,(H,24,26)/t16-,19-/m1/s1. The van der Waals surface area contributed by atoms with Crippen LogP contribution in [-0.2, 0) is 25.5 Å². The van der Waals surface area contributed by atoms with E-state index in [0.717, 1.165) is 23.2 Å². The Labute approximate surface area is 170 Å². The van der Waals surface area contributed by atoms with Crippen molar-refractivity contribution in [2.45, 2.75) is 32.7 Å². The highest BCUT2D eigenvalue weighted by Gasteiger charge is 2.38. The molecule has 6 nitrogen and oxygen atoms in total. The molecule has 29 heavy (non-hydrogen) atoms. The van der Waals surface area contributed by atoms with Gasteiger partial charge in [-0.25, -0.2) is 0 Å². The summed E-state index contributed by atoms with van der Waals surface area (Å²) < 4.78 is 5.19. The number of carbonyl (C=O) groups is 3. The molecular formula is C23H26N2O4. The van der Waals surface area contributed by atoms with Crippen LogP contribution in [0.4, 0.5) is 5.69 Å². The summed E-state index contributed by atoms with van der Waals surface area (Å²) in [5.41, 5.74) is 2.75. The summed E-state index contributed by atoms with van der Waals surface area (Å²) in [6.07, 6.45) is 0.895. The SMILES string of the molecule is CCc1ccccc1NC(=O)COC(=O)[C@@H]1CC(=O)N([C@H](C)c2ccccc2)C1. The van der Waals surface area contributed by atoms with Crippen LogP contribution in [0.3, 0.4) is 0 Å². The minimum atomic E-state index is -0.551. The predicted molar refractivity (Wildman–Crippen MR) is 110 cm³/mol. The van der Waals surface area contributed by atoms with Gasteiger partial charge in [0.05, 0.1) is 12.0 Å². The first-order valence-electron chi connectivity index (χ1n) is 9.88. The molecule has 2 amide bonds. The van der Waals surface area contributed by atoms with Gasteiger partial charge in [0.15, 0.2) is 6.61 Å². The molecule has 0 radical (unpaired) electrons. The third-order valence-electron chi connectivity index (χ3n) is 5.26. The number of amides is 2. The predicted octanol–water partition coefficient (Wildman–Crippen LogP) is 3.34. The molecule has 2 atom stereocenters. The van der Waals surface area contributed by atoms with Crippen LogP contribution in [-0.4, -0.2) is 35.8 Å². The number of benzene rings is 2. The normalized spacial score (nSPS) is 17.1. The number of hydrogen-bond donors (Lipinski definition) is 1. The van der Waals surface area contributed by atoms with E-state index in [9.17, 15) is 14.4 Å². The van der Waals surface area contributed by atoms with Gasteiger partial charge in [-0.05, 0) is 30.5 Å². The van der Waals surface area contributed by atoms with Crippen LogP contribution in [0.15, 0.2) is 54.6 Å². The van der Waals surface area contributed by atoms with Gasteiger partial charge in [-0.1, -0.05) is 55.5 Å². The molecule has 1 aliphatic heterocycles. The lowest BCUT2D eigenvalue weighted by Gasteiger charge is -2.25. The van der Waals surface area contributed by atoms with E-state index in [1.807, 2.05) is 68.4 Å². The highest BCUT2D eigenvalue weighted by atomic mass is 16.5. The minimum Gasteiger partial charge on any atom is -0.455 e. The third kappa shape index (κ3) is 5.02. The summed E-state index contributed by atoms with van der Waals surface area (Å²) in [5.74, 6) is -1.54. The fourth-order valence-electron chi connectivity index (χ4n) is 3.57. The zero-order chi connectivity index (χ0) is 20.8. The van der Waals surface area contributed by atoms with Crippen LogP contribution in [0.1, 0.15) is 37.4 Å². The molecule has 0 spiro atoms. The van der Waals surface area contributed by atoms with Crippen LogP contribution in [0.2, 0.25) is 0 Å². The Bertz CT molecular complexity index is 881. The smallest absolute Gasteiger partial charge is 0.311 e. The van der Waals surface area contributed by atoms with Crippen molar-refractivity contribution >= 4 is 23.5 Å². The second-order valence-electron chi connectivity index (χ2n) is 7.20. The van der Waals surface area contributed by atoms with E-state index in [1.165, 1.54) is 0 Å². The number of rotatable bonds is 7. The second-order valence-corrected chi connectivity index (χ2v) is 7.20. The molecule has 3 rings (SSSR count). The zero-order valence-electron chi connectivity index (χ0n) is 16.8. The number of anilines is 1. The van der Waals surface area contributed by atoms with E-state index in [-0.39, 0.29) is 25.0 Å². The summed E-state index contributed by atoms with van der Waals surface area (Å²) in [4.78, 5) is 38.6. The monoisotopic (exact) mass is 394 g/mol. The van der Waals surface area contributed by atoms with Gasteiger partial charge in [0.2, 0.25) is 5.91 Å². The molecule has 0 saturated carbocycles. The van der Waals surface area contributed by atoms with E-state index < -0.39 is 17.8 Å². The van der Waals surface area contributed by atoms with Crippen LogP contribution >= 0.6 is 0 Å². The number of nitrogens with one attached hydrogen (secondary N) is 1. The number of para-hydroxylation sites is 1. The molecule has 1 fully saturated rings. The van der Waals surface area contributed by atoms with Crippen molar-refractivity contribution in [3.8, 4) is 0 Å². The molecule has 0 bridgehead atoms. The molecule has 1 heterocycles. The summed E-state index contributed by atoms with van der Waals surface area (Å²) in [5, 5.41) is 2.77. The lowest BCUT2D eigenvalue weighted by Crippen LogP contribution is -2.30. The molecule has 0 aliphatic carbocycles. The maximum Gasteiger partial charge on any atom is 0.311 e. The van der Waals surface area contributed by atoms with Crippen molar-refractivity contribution in [1.29, 1.82) is 0 Å². The number of aryl methyl sites for hydroxylation is 1. The zero-order valence-corrected chi connectivity index (χ0v) is 16.8. The molecule has 1 saturated heterocycles. The summed E-state index contributed by atoms with van der Waals surface area (Å²) >= 11 is 0. The second kappa shape index (κ2) is 9.37. The Morgan fingerprint density at radius 3 is 2.55 bits per heavy atom. The molecule has 1 N–H and O–H groups in total. The Morgan fingerprint density at radius 2 is 1.83 bits per heavy atom. The van der Waals surface area contributed by atoms with E-state index in [1.54, 1.807) is 4.90 Å². The van der Waals surface area contributed by atoms with Crippen molar-refractivity contribution in [3.63, 3.8) is 0 Å². The number of hydrogen-bond acceptors (Lipinski definition) is 4. The molecular weight excluding hydrogens is 368 g/mol. The Balaban J connectivity index is 1.52. The van der Waals surface area contributed by atoms with Gasteiger partial charge in [0, 0.05) is 18.7 Å². The van der Waals surface area contributed by atoms with Crippen molar-refractivity contribution in [1.82, 2.24) is 4.90 Å². The van der Waals surface area contributed by atoms with Crippen LogP contribution in [0.25, 0.3) is 0 Å². The van der Waals surface area contributed by atoms with Gasteiger partial charge in [-0.15, -0.1) is 0 Å². The van der Waals surface area contributed by atoms with E-state index >= 15 is 0 Å². The van der Waals surface area contributed by atoms with Crippen molar-refractivity contribution in [3.05, 3.63) is 65.7 Å². The molecule has 152 valence electrons. The summed E-state index contributed by atoms with van der Waals surface area (Å²) in [6, 6.07) is 17.1. The van der Waals surface area contributed by atoms with Crippen molar-refractivity contribution < 1.29 is 19.1 Å². The Morgan fingerprint density at radius 1 is 1.14 bits per heavy atom. The fourth-order valence-corrected chi connectivity index (χ4v) is 3.57. The molecule has 0 aromatic heterocycles. The average Bonchev–Trinajstić information content (AvgIpc) is 3.14. The van der Waals surface area contributed by atoms with Gasteiger partial charge in [0.1, 0.15) is 0 Å². The number of likely N-dealkylation sites (tertiary alicyclic amines) is 1. The quantitative estimate of drug-likeness (QED) is 0.731. The minimum absolute atomic E-state index is 0.0790. The van der Waals surface area contributed by atoms with Gasteiger partial charge in [-0.3, -0.25) is 14.4 Å². The molecule has 6 heteroatoms. The topological polar surface area (TPSA) is 75.7 Å². The van der Waals surface area contributed by atoms with E-state index in [0.29, 0.717) is 6.54 Å². The maximum atomic E-state index is 12.4. The lowest BCUT2D eigenvalue weighted by atomic mass is 10.1. The fraction of sp³-hybridized carbons (Fsp3) is 0.348. The number of carbonyl (C=O) groups excluding carboxylic acids is 3. The van der Waals surface area contributed by atoms with Crippen LogP contribution in [0.5, 0.6) is 0 Å². The largest absolute Gasteiger partial charge is 0.455 e. The van der Waals surface area contributed by atoms with Crippen molar-refractivity contribution in [2.24, 2.45) is 5.92 Å². The van der Waals surface area contributed by atoms with Gasteiger partial charge in [-0.2, -0.15) is 0 Å². The Kier molecular flexibility index (Phi) is 6.65. The van der Waals surface area contributed by atoms with Crippen molar-refractivity contribution in [2.75, 3.05) is 18.5 Å². The first-order valence-corrected chi connectivity index (χ1v) is 9.88. The van der Waals surface area contributed by atoms with Crippen LogP contribution in [0, 0.1) is 5.92 Å². The van der Waals surface area contributed by atoms with Gasteiger partial charge < -0.3 is 15.0 Å². The van der Waals surface area contributed by atoms with Gasteiger partial charge in [0.25, 0.3) is 5.91 Å². The first kappa shape index (κ1) is 20.6. The molecule has 2 aromatic rings.